The molecule has 4 rings (SSSR count). The van der Waals surface area contributed by atoms with Crippen molar-refractivity contribution in [3.63, 3.8) is 0 Å². The van der Waals surface area contributed by atoms with Crippen LogP contribution >= 0.6 is 11.8 Å². The molecule has 1 aliphatic carbocycles. The topological polar surface area (TPSA) is 78.7 Å². The second-order valence-corrected chi connectivity index (χ2v) is 8.08. The number of thioether (sulfide) groups is 1. The number of ketones is 1. The van der Waals surface area contributed by atoms with Crippen molar-refractivity contribution in [1.29, 1.82) is 0 Å². The van der Waals surface area contributed by atoms with E-state index in [1.54, 1.807) is 0 Å². The highest BCUT2D eigenvalue weighted by atomic mass is 32.2. The van der Waals surface area contributed by atoms with Crippen LogP contribution in [0.25, 0.3) is 5.82 Å². The van der Waals surface area contributed by atoms with Crippen LogP contribution in [0.4, 0.5) is 0 Å². The molecule has 0 aromatic carbocycles. The first-order valence-electron chi connectivity index (χ1n) is 9.32. The van der Waals surface area contributed by atoms with E-state index < -0.39 is 0 Å². The number of rotatable bonds is 8. The summed E-state index contributed by atoms with van der Waals surface area (Å²) in [7, 11) is 0. The van der Waals surface area contributed by atoms with Crippen molar-refractivity contribution in [2.75, 3.05) is 5.75 Å². The Kier molecular flexibility index (Phi) is 4.97. The van der Waals surface area contributed by atoms with Crippen molar-refractivity contribution in [2.45, 2.75) is 51.2 Å². The van der Waals surface area contributed by atoms with Gasteiger partial charge in [0.05, 0.1) is 5.75 Å². The number of hydrogen-bond acceptors (Lipinski definition) is 6. The summed E-state index contributed by atoms with van der Waals surface area (Å²) in [4.78, 5) is 12.9. The van der Waals surface area contributed by atoms with Crippen molar-refractivity contribution >= 4 is 17.5 Å². The molecule has 3 aromatic heterocycles. The van der Waals surface area contributed by atoms with Gasteiger partial charge in [-0.15, -0.1) is 16.8 Å². The van der Waals surface area contributed by atoms with E-state index in [9.17, 15) is 4.79 Å². The number of nitrogens with zero attached hydrogens (tertiary/aromatic N) is 5. The quantitative estimate of drug-likeness (QED) is 0.324. The molecule has 7 nitrogen and oxygen atoms in total. The Hall–Kier alpha value is -2.61. The van der Waals surface area contributed by atoms with Gasteiger partial charge in [-0.2, -0.15) is 0 Å². The molecule has 8 heteroatoms. The lowest BCUT2D eigenvalue weighted by molar-refractivity contribution is 0.102. The number of allylic oxidation sites excluding steroid dienone is 1. The summed E-state index contributed by atoms with van der Waals surface area (Å²) in [6.07, 6.45) is 4.16. The average molecular weight is 398 g/mol. The second-order valence-electron chi connectivity index (χ2n) is 7.14. The Bertz CT molecular complexity index is 1040. The molecule has 0 N–H and O–H groups in total. The third kappa shape index (κ3) is 3.44. The smallest absolute Gasteiger partial charge is 0.191 e. The molecule has 0 spiro atoms. The molecule has 0 saturated heterocycles. The van der Waals surface area contributed by atoms with E-state index in [0.717, 1.165) is 41.0 Å². The van der Waals surface area contributed by atoms with Crippen molar-refractivity contribution in [3.8, 4) is 5.82 Å². The summed E-state index contributed by atoms with van der Waals surface area (Å²) in [5.41, 5.74) is 2.51. The molecule has 28 heavy (non-hydrogen) atoms. The maximum atomic E-state index is 12.9. The van der Waals surface area contributed by atoms with Gasteiger partial charge < -0.3 is 9.09 Å². The molecule has 1 saturated carbocycles. The van der Waals surface area contributed by atoms with Crippen molar-refractivity contribution < 1.29 is 9.32 Å². The zero-order valence-electron chi connectivity index (χ0n) is 16.3. The first-order chi connectivity index (χ1) is 13.5. The van der Waals surface area contributed by atoms with Gasteiger partial charge in [-0.25, -0.2) is 0 Å². The van der Waals surface area contributed by atoms with Crippen LogP contribution in [0, 0.1) is 20.8 Å². The van der Waals surface area contributed by atoms with Crippen LogP contribution in [-0.2, 0) is 6.54 Å². The predicted octanol–water partition coefficient (Wildman–Crippen LogP) is 4.02. The van der Waals surface area contributed by atoms with Crippen molar-refractivity contribution in [1.82, 2.24) is 24.5 Å². The van der Waals surface area contributed by atoms with Gasteiger partial charge in [0, 0.05) is 35.5 Å². The fourth-order valence-electron chi connectivity index (χ4n) is 3.42. The van der Waals surface area contributed by atoms with Gasteiger partial charge in [-0.3, -0.25) is 9.36 Å². The molecule has 0 unspecified atom stereocenters. The molecule has 1 fully saturated rings. The summed E-state index contributed by atoms with van der Waals surface area (Å²) in [5, 5.41) is 13.5. The zero-order valence-corrected chi connectivity index (χ0v) is 17.1. The molecule has 1 aliphatic rings. The van der Waals surface area contributed by atoms with Gasteiger partial charge in [0.15, 0.2) is 16.8 Å². The third-order valence-electron chi connectivity index (χ3n) is 4.91. The lowest BCUT2D eigenvalue weighted by Gasteiger charge is -2.07. The maximum absolute atomic E-state index is 12.9. The minimum absolute atomic E-state index is 0.0608. The highest BCUT2D eigenvalue weighted by Gasteiger charge is 2.30. The number of aryl methyl sites for hydroxylation is 2. The largest absolute Gasteiger partial charge is 0.360 e. The van der Waals surface area contributed by atoms with Crippen molar-refractivity contribution in [3.05, 3.63) is 53.3 Å². The number of carbonyl (C=O) groups excluding carboxylic acids is 1. The van der Waals surface area contributed by atoms with Crippen LogP contribution in [-0.4, -0.2) is 36.0 Å². The van der Waals surface area contributed by atoms with Gasteiger partial charge in [-0.1, -0.05) is 23.0 Å². The Balaban J connectivity index is 1.53. The van der Waals surface area contributed by atoms with E-state index >= 15 is 0 Å². The highest BCUT2D eigenvalue weighted by molar-refractivity contribution is 7.99. The fraction of sp³-hybridized carbons (Fsp3) is 0.400. The molecule has 0 atom stereocenters. The van der Waals surface area contributed by atoms with Crippen LogP contribution in [0.1, 0.15) is 52.1 Å². The summed E-state index contributed by atoms with van der Waals surface area (Å²) in [5.74, 6) is 3.31. The monoisotopic (exact) mass is 397 g/mol. The normalized spacial score (nSPS) is 13.8. The number of aromatic nitrogens is 5. The SMILES string of the molecule is C=CCn1c(SCC(=O)c2cc(C)n(-c3cc(C)on3)c2C)nnc1C1CC1. The van der Waals surface area contributed by atoms with E-state index in [2.05, 4.69) is 26.5 Å². The minimum Gasteiger partial charge on any atom is -0.360 e. The lowest BCUT2D eigenvalue weighted by atomic mass is 10.2. The minimum atomic E-state index is 0.0608. The van der Waals surface area contributed by atoms with Gasteiger partial charge in [-0.05, 0) is 39.7 Å². The Morgan fingerprint density at radius 1 is 1.32 bits per heavy atom. The molecule has 0 radical (unpaired) electrons. The van der Waals surface area contributed by atoms with E-state index in [1.807, 2.05) is 43.5 Å². The molecular weight excluding hydrogens is 374 g/mol. The fourth-order valence-corrected chi connectivity index (χ4v) is 4.25. The summed E-state index contributed by atoms with van der Waals surface area (Å²) in [6, 6.07) is 3.77. The summed E-state index contributed by atoms with van der Waals surface area (Å²) < 4.78 is 9.20. The van der Waals surface area contributed by atoms with Crippen LogP contribution in [0.3, 0.4) is 0 Å². The molecule has 3 aromatic rings. The van der Waals surface area contributed by atoms with Crippen LogP contribution in [0.5, 0.6) is 0 Å². The molecule has 3 heterocycles. The molecule has 0 bridgehead atoms. The van der Waals surface area contributed by atoms with E-state index in [1.165, 1.54) is 11.8 Å². The molecule has 0 aliphatic heterocycles. The van der Waals surface area contributed by atoms with Crippen LogP contribution < -0.4 is 0 Å². The number of carbonyl (C=O) groups is 1. The van der Waals surface area contributed by atoms with E-state index in [-0.39, 0.29) is 5.78 Å². The maximum Gasteiger partial charge on any atom is 0.191 e. The highest BCUT2D eigenvalue weighted by Crippen LogP contribution is 2.40. The molecule has 0 amide bonds. The van der Waals surface area contributed by atoms with Crippen LogP contribution in [0.2, 0.25) is 0 Å². The summed E-state index contributed by atoms with van der Waals surface area (Å²) in [6.45, 7) is 10.2. The number of hydrogen-bond donors (Lipinski definition) is 0. The standard InChI is InChI=1S/C20H23N5O2S/c1-5-8-24-19(15-6-7-15)21-22-20(24)28-11-17(26)16-9-12(2)25(14(16)4)18-10-13(3)27-23-18/h5,9-10,15H,1,6-8,11H2,2-4H3. The van der Waals surface area contributed by atoms with Gasteiger partial charge >= 0.3 is 0 Å². The zero-order chi connectivity index (χ0) is 19.8. The van der Waals surface area contributed by atoms with Gasteiger partial charge in [0.1, 0.15) is 11.6 Å². The van der Waals surface area contributed by atoms with Crippen LogP contribution in [0.15, 0.2) is 34.5 Å². The third-order valence-corrected chi connectivity index (χ3v) is 5.87. The number of Topliss-reactive ketones (excluding diaryl/α,β-unsaturated/α-hetero) is 1. The Labute approximate surface area is 167 Å². The molecule has 146 valence electrons. The summed E-state index contributed by atoms with van der Waals surface area (Å²) >= 11 is 1.43. The first kappa shape index (κ1) is 18.7. The predicted molar refractivity (Wildman–Crippen MR) is 107 cm³/mol. The van der Waals surface area contributed by atoms with Gasteiger partial charge in [0.25, 0.3) is 0 Å². The van der Waals surface area contributed by atoms with E-state index in [0.29, 0.717) is 29.6 Å². The Morgan fingerprint density at radius 2 is 2.11 bits per heavy atom. The average Bonchev–Trinajstić information content (AvgIpc) is 3.19. The first-order valence-corrected chi connectivity index (χ1v) is 10.3. The second kappa shape index (κ2) is 7.43. The lowest BCUT2D eigenvalue weighted by Crippen LogP contribution is -2.08. The Morgan fingerprint density at radius 3 is 2.75 bits per heavy atom. The van der Waals surface area contributed by atoms with Crippen molar-refractivity contribution in [2.24, 2.45) is 0 Å². The van der Waals surface area contributed by atoms with E-state index in [4.69, 9.17) is 4.52 Å². The molecular formula is C20H23N5O2S. The van der Waals surface area contributed by atoms with Gasteiger partial charge in [0.2, 0.25) is 0 Å².